The molecule has 0 unspecified atom stereocenters. The van der Waals surface area contributed by atoms with E-state index in [1.54, 1.807) is 0 Å². The predicted molar refractivity (Wildman–Crippen MR) is 65.7 cm³/mol. The topological polar surface area (TPSA) is 77.0 Å². The number of halogens is 2. The molecule has 20 heavy (non-hydrogen) atoms. The zero-order valence-corrected chi connectivity index (χ0v) is 10.2. The van der Waals surface area contributed by atoms with Gasteiger partial charge in [0.1, 0.15) is 5.69 Å². The molecule has 2 rings (SSSR count). The molecule has 0 aliphatic carbocycles. The summed E-state index contributed by atoms with van der Waals surface area (Å²) in [6.07, 6.45) is 1.65. The summed E-state index contributed by atoms with van der Waals surface area (Å²) in [5, 5.41) is 2.47. The summed E-state index contributed by atoms with van der Waals surface area (Å²) in [4.78, 5) is 23.4. The van der Waals surface area contributed by atoms with E-state index in [9.17, 15) is 13.6 Å². The van der Waals surface area contributed by atoms with Crippen LogP contribution in [0.5, 0.6) is 5.88 Å². The normalized spacial score (nSPS) is 10.3. The molecule has 0 spiro atoms. The van der Waals surface area contributed by atoms with Gasteiger partial charge >= 0.3 is 0 Å². The fourth-order valence-corrected chi connectivity index (χ4v) is 1.31. The van der Waals surface area contributed by atoms with Gasteiger partial charge in [0.25, 0.3) is 12.3 Å². The second-order valence-corrected chi connectivity index (χ2v) is 3.61. The van der Waals surface area contributed by atoms with Gasteiger partial charge in [0.05, 0.1) is 6.20 Å². The van der Waals surface area contributed by atoms with Crippen molar-refractivity contribution in [3.05, 3.63) is 42.5 Å². The monoisotopic (exact) mass is 280 g/mol. The van der Waals surface area contributed by atoms with Crippen LogP contribution in [0.15, 0.2) is 36.8 Å². The second-order valence-electron chi connectivity index (χ2n) is 3.61. The molecule has 0 atom stereocenters. The average Bonchev–Trinajstić information content (AvgIpc) is 2.46. The number of carbonyl (C=O) groups excluding carboxylic acids is 1. The van der Waals surface area contributed by atoms with E-state index in [0.717, 1.165) is 0 Å². The van der Waals surface area contributed by atoms with Crippen LogP contribution in [0, 0.1) is 0 Å². The minimum atomic E-state index is -2.60. The van der Waals surface area contributed by atoms with Gasteiger partial charge in [0, 0.05) is 18.5 Å². The van der Waals surface area contributed by atoms with Crippen molar-refractivity contribution in [2.45, 2.75) is 6.43 Å². The minimum absolute atomic E-state index is 0.0300. The average molecular weight is 280 g/mol. The second kappa shape index (κ2) is 6.50. The molecule has 8 heteroatoms. The molecule has 1 N–H and O–H groups in total. The molecule has 0 saturated carbocycles. The van der Waals surface area contributed by atoms with Gasteiger partial charge in [0.15, 0.2) is 12.4 Å². The molecule has 0 saturated heterocycles. The molecule has 0 aromatic carbocycles. The summed E-state index contributed by atoms with van der Waals surface area (Å²) < 4.78 is 28.8. The number of amides is 1. The summed E-state index contributed by atoms with van der Waals surface area (Å²) in [6, 6.07) is 4.31. The summed E-state index contributed by atoms with van der Waals surface area (Å²) in [5.41, 5.74) is 0.0300. The predicted octanol–water partition coefficient (Wildman–Crippen LogP) is 1.77. The summed E-state index contributed by atoms with van der Waals surface area (Å²) >= 11 is 0. The maximum Gasteiger partial charge on any atom is 0.275 e. The molecule has 1 amide bonds. The summed E-state index contributed by atoms with van der Waals surface area (Å²) in [7, 11) is 0. The van der Waals surface area contributed by atoms with Crippen molar-refractivity contribution in [1.82, 2.24) is 15.0 Å². The van der Waals surface area contributed by atoms with E-state index >= 15 is 0 Å². The highest BCUT2D eigenvalue weighted by molar-refractivity contribution is 6.02. The number of rotatable bonds is 5. The fraction of sp³-hybridized carbons (Fsp3) is 0.167. The fourth-order valence-electron chi connectivity index (χ4n) is 1.31. The number of alkyl halides is 2. The van der Waals surface area contributed by atoms with Gasteiger partial charge < -0.3 is 10.1 Å². The molecule has 0 fully saturated rings. The maximum absolute atomic E-state index is 12.0. The van der Waals surface area contributed by atoms with Crippen molar-refractivity contribution in [3.63, 3.8) is 0 Å². The van der Waals surface area contributed by atoms with E-state index in [2.05, 4.69) is 20.3 Å². The number of nitrogens with one attached hydrogen (secondary N) is 1. The molecule has 0 aliphatic heterocycles. The Morgan fingerprint density at radius 3 is 2.90 bits per heavy atom. The quantitative estimate of drug-likeness (QED) is 0.903. The third-order valence-electron chi connectivity index (χ3n) is 2.12. The van der Waals surface area contributed by atoms with Crippen LogP contribution < -0.4 is 10.1 Å². The molecule has 2 aromatic rings. The molecule has 6 nitrogen and oxygen atoms in total. The van der Waals surface area contributed by atoms with E-state index in [1.165, 1.54) is 36.8 Å². The lowest BCUT2D eigenvalue weighted by atomic mass is 10.3. The number of carbonyl (C=O) groups is 1. The molecule has 2 heterocycles. The third-order valence-corrected chi connectivity index (χ3v) is 2.12. The van der Waals surface area contributed by atoms with Crippen LogP contribution in [0.4, 0.5) is 14.6 Å². The highest BCUT2D eigenvalue weighted by atomic mass is 19.3. The first-order valence-electron chi connectivity index (χ1n) is 5.60. The number of anilines is 1. The number of aromatic nitrogens is 3. The SMILES string of the molecule is O=C(Nc1cnccn1)c1cccc(OCC(F)F)n1. The highest BCUT2D eigenvalue weighted by Crippen LogP contribution is 2.10. The molecule has 104 valence electrons. The van der Waals surface area contributed by atoms with Crippen molar-refractivity contribution < 1.29 is 18.3 Å². The Hall–Kier alpha value is -2.64. The summed E-state index contributed by atoms with van der Waals surface area (Å²) in [5.74, 6) is -0.316. The number of pyridine rings is 1. The van der Waals surface area contributed by atoms with Gasteiger partial charge in [-0.1, -0.05) is 6.07 Å². The highest BCUT2D eigenvalue weighted by Gasteiger charge is 2.10. The Kier molecular flexibility index (Phi) is 4.48. The smallest absolute Gasteiger partial charge is 0.275 e. The van der Waals surface area contributed by atoms with E-state index in [-0.39, 0.29) is 17.4 Å². The van der Waals surface area contributed by atoms with Crippen molar-refractivity contribution in [2.24, 2.45) is 0 Å². The Bertz CT molecular complexity index is 581. The first-order valence-corrected chi connectivity index (χ1v) is 5.60. The lowest BCUT2D eigenvalue weighted by molar-refractivity contribution is 0.0794. The van der Waals surface area contributed by atoms with Gasteiger partial charge in [-0.2, -0.15) is 0 Å². The van der Waals surface area contributed by atoms with Crippen LogP contribution in [-0.2, 0) is 0 Å². The molecule has 0 aliphatic rings. The van der Waals surface area contributed by atoms with Gasteiger partial charge in [-0.25, -0.2) is 18.7 Å². The van der Waals surface area contributed by atoms with Crippen LogP contribution in [-0.4, -0.2) is 33.9 Å². The number of ether oxygens (including phenoxy) is 1. The first-order chi connectivity index (χ1) is 9.65. The van der Waals surface area contributed by atoms with Gasteiger partial charge in [-0.3, -0.25) is 9.78 Å². The lowest BCUT2D eigenvalue weighted by Gasteiger charge is -2.06. The Labute approximate surface area is 112 Å². The largest absolute Gasteiger partial charge is 0.472 e. The Morgan fingerprint density at radius 1 is 1.35 bits per heavy atom. The van der Waals surface area contributed by atoms with Crippen LogP contribution in [0.1, 0.15) is 10.5 Å². The Morgan fingerprint density at radius 2 is 2.20 bits per heavy atom. The van der Waals surface area contributed by atoms with E-state index < -0.39 is 18.9 Å². The molecule has 0 bridgehead atoms. The molecular formula is C12H10F2N4O2. The van der Waals surface area contributed by atoms with Crippen molar-refractivity contribution in [2.75, 3.05) is 11.9 Å². The molecule has 2 aromatic heterocycles. The van der Waals surface area contributed by atoms with Crippen molar-refractivity contribution >= 4 is 11.7 Å². The van der Waals surface area contributed by atoms with Crippen LogP contribution in [0.3, 0.4) is 0 Å². The third kappa shape index (κ3) is 3.94. The summed E-state index contributed by atoms with van der Waals surface area (Å²) in [6.45, 7) is -0.776. The van der Waals surface area contributed by atoms with E-state index in [0.29, 0.717) is 0 Å². The number of nitrogens with zero attached hydrogens (tertiary/aromatic N) is 3. The van der Waals surface area contributed by atoms with E-state index in [4.69, 9.17) is 4.74 Å². The van der Waals surface area contributed by atoms with Gasteiger partial charge in [0.2, 0.25) is 5.88 Å². The number of hydrogen-bond acceptors (Lipinski definition) is 5. The zero-order valence-electron chi connectivity index (χ0n) is 10.2. The van der Waals surface area contributed by atoms with Crippen molar-refractivity contribution in [3.8, 4) is 5.88 Å². The van der Waals surface area contributed by atoms with E-state index in [1.807, 2.05) is 0 Å². The Balaban J connectivity index is 2.04. The minimum Gasteiger partial charge on any atom is -0.472 e. The molecular weight excluding hydrogens is 270 g/mol. The van der Waals surface area contributed by atoms with Crippen LogP contribution in [0.2, 0.25) is 0 Å². The van der Waals surface area contributed by atoms with Crippen LogP contribution >= 0.6 is 0 Å². The van der Waals surface area contributed by atoms with Crippen LogP contribution in [0.25, 0.3) is 0 Å². The molecule has 0 radical (unpaired) electrons. The first kappa shape index (κ1) is 13.8. The lowest BCUT2D eigenvalue weighted by Crippen LogP contribution is -2.15. The maximum atomic E-state index is 12.0. The zero-order chi connectivity index (χ0) is 14.4. The van der Waals surface area contributed by atoms with Crippen molar-refractivity contribution in [1.29, 1.82) is 0 Å². The van der Waals surface area contributed by atoms with Gasteiger partial charge in [-0.05, 0) is 6.07 Å². The standard InChI is InChI=1S/C12H10F2N4O2/c13-9(14)7-20-11-3-1-2-8(17-11)12(19)18-10-6-15-4-5-16-10/h1-6,9H,7H2,(H,16,18,19). The van der Waals surface area contributed by atoms with Gasteiger partial charge in [-0.15, -0.1) is 0 Å². The number of hydrogen-bond donors (Lipinski definition) is 1.